The zero-order valence-corrected chi connectivity index (χ0v) is 27.4. The van der Waals surface area contributed by atoms with E-state index in [4.69, 9.17) is 4.74 Å². The van der Waals surface area contributed by atoms with Gasteiger partial charge in [0.2, 0.25) is 5.78 Å². The van der Waals surface area contributed by atoms with Gasteiger partial charge in [-0.3, -0.25) is 4.79 Å². The predicted molar refractivity (Wildman–Crippen MR) is 179 cm³/mol. The third kappa shape index (κ3) is 8.09. The minimum atomic E-state index is -0.305. The quantitative estimate of drug-likeness (QED) is 0.175. The first-order chi connectivity index (χ1) is 20.4. The Morgan fingerprint density at radius 2 is 1.52 bits per heavy atom. The lowest BCUT2D eigenvalue weighted by Gasteiger charge is -2.27. The van der Waals surface area contributed by atoms with Gasteiger partial charge < -0.3 is 14.7 Å². The van der Waals surface area contributed by atoms with Crippen molar-refractivity contribution in [3.05, 3.63) is 64.1 Å². The third-order valence-corrected chi connectivity index (χ3v) is 10.2. The number of ether oxygens (including phenoxy) is 1. The van der Waals surface area contributed by atoms with Crippen LogP contribution < -0.4 is 4.90 Å². The van der Waals surface area contributed by atoms with Gasteiger partial charge in [-0.15, -0.1) is 11.3 Å². The van der Waals surface area contributed by atoms with Crippen LogP contribution in [0, 0.1) is 0 Å². The third-order valence-electron chi connectivity index (χ3n) is 9.00. The Morgan fingerprint density at radius 3 is 2.17 bits per heavy atom. The highest BCUT2D eigenvalue weighted by Crippen LogP contribution is 2.50. The molecule has 42 heavy (non-hydrogen) atoms. The van der Waals surface area contributed by atoms with Crippen LogP contribution in [0.25, 0.3) is 10.4 Å². The van der Waals surface area contributed by atoms with Crippen molar-refractivity contribution in [1.82, 2.24) is 0 Å². The number of ketones is 1. The number of hydrogen-bond acceptors (Lipinski definition) is 5. The molecule has 0 unspecified atom stereocenters. The van der Waals surface area contributed by atoms with Crippen LogP contribution in [0.3, 0.4) is 0 Å². The van der Waals surface area contributed by atoms with Crippen LogP contribution in [0.15, 0.2) is 53.6 Å². The summed E-state index contributed by atoms with van der Waals surface area (Å²) in [7, 11) is 0. The maximum atomic E-state index is 12.6. The smallest absolute Gasteiger partial charge is 0.288 e. The largest absolute Gasteiger partial charge is 0.480 e. The predicted octanol–water partition coefficient (Wildman–Crippen LogP) is 10.8. The fourth-order valence-corrected chi connectivity index (χ4v) is 7.41. The second kappa shape index (κ2) is 15.8. The Labute approximate surface area is 258 Å². The number of aliphatic hydroxyl groups is 1. The molecule has 0 radical (unpaired) electrons. The highest BCUT2D eigenvalue weighted by atomic mass is 32.1. The lowest BCUT2D eigenvalue weighted by atomic mass is 9.82. The van der Waals surface area contributed by atoms with Crippen LogP contribution in [-0.2, 0) is 21.4 Å². The Balaban J connectivity index is 1.48. The Morgan fingerprint density at radius 1 is 0.881 bits per heavy atom. The van der Waals surface area contributed by atoms with Crippen LogP contribution in [-0.4, -0.2) is 24.0 Å². The minimum absolute atomic E-state index is 0.0833. The van der Waals surface area contributed by atoms with Gasteiger partial charge in [-0.25, -0.2) is 0 Å². The first kappa shape index (κ1) is 32.4. The van der Waals surface area contributed by atoms with Crippen LogP contribution in [0.5, 0.6) is 0 Å². The lowest BCUT2D eigenvalue weighted by Crippen LogP contribution is -2.27. The molecule has 0 saturated carbocycles. The van der Waals surface area contributed by atoms with Gasteiger partial charge in [-0.1, -0.05) is 111 Å². The van der Waals surface area contributed by atoms with Gasteiger partial charge in [-0.05, 0) is 60.7 Å². The molecule has 2 aliphatic rings. The fraction of sp³-hybridized carbons (Fsp3) is 0.595. The maximum Gasteiger partial charge on any atom is 0.288 e. The van der Waals surface area contributed by atoms with Crippen molar-refractivity contribution in [2.75, 3.05) is 18.1 Å². The topological polar surface area (TPSA) is 49.8 Å². The van der Waals surface area contributed by atoms with Gasteiger partial charge in [0.1, 0.15) is 5.57 Å². The molecule has 0 saturated heterocycles. The van der Waals surface area contributed by atoms with E-state index in [2.05, 4.69) is 62.9 Å². The molecule has 0 bridgehead atoms. The number of carbonyl (C=O) groups excluding carboxylic acids is 1. The van der Waals surface area contributed by atoms with E-state index in [0.717, 1.165) is 25.1 Å². The van der Waals surface area contributed by atoms with Gasteiger partial charge in [0.25, 0.3) is 5.95 Å². The standard InChI is InChI=1S/C37H53NO3S/c1-5-7-9-11-12-13-14-15-16-18-24-38-32-22-20-28(34-23-21-29(42-34)19-17-10-8-6-2)25-31(32)37(3,4)35(38)26-30-33(39)27-41-36(30)40/h20-23,25-26,40H,5-19,24,27H2,1-4H3/b35-26+. The van der Waals surface area contributed by atoms with Gasteiger partial charge in [0, 0.05) is 33.1 Å². The molecular formula is C37H53NO3S. The highest BCUT2D eigenvalue weighted by Gasteiger charge is 2.41. The summed E-state index contributed by atoms with van der Waals surface area (Å²) in [6.45, 7) is 9.84. The summed E-state index contributed by atoms with van der Waals surface area (Å²) in [5, 5.41) is 10.3. The van der Waals surface area contributed by atoms with E-state index in [1.165, 1.54) is 110 Å². The summed E-state index contributed by atoms with van der Waals surface area (Å²) in [5.74, 6) is -0.403. The second-order valence-corrected chi connectivity index (χ2v) is 13.9. The number of anilines is 1. The van der Waals surface area contributed by atoms with E-state index in [0.29, 0.717) is 5.57 Å². The highest BCUT2D eigenvalue weighted by molar-refractivity contribution is 7.15. The van der Waals surface area contributed by atoms with Crippen molar-refractivity contribution in [1.29, 1.82) is 0 Å². The molecule has 1 N–H and O–H groups in total. The molecule has 230 valence electrons. The first-order valence-corrected chi connectivity index (χ1v) is 17.5. The number of aryl methyl sites for hydroxylation is 1. The van der Waals surface area contributed by atoms with E-state index < -0.39 is 0 Å². The number of Topliss-reactive ketones (excluding diaryl/α,β-unsaturated/α-hetero) is 1. The number of thiophene rings is 1. The molecule has 3 heterocycles. The molecule has 0 amide bonds. The number of rotatable bonds is 18. The van der Waals surface area contributed by atoms with Crippen LogP contribution in [0.1, 0.15) is 128 Å². The summed E-state index contributed by atoms with van der Waals surface area (Å²) in [6, 6.07) is 11.5. The number of benzene rings is 1. The van der Waals surface area contributed by atoms with Crippen LogP contribution >= 0.6 is 11.3 Å². The van der Waals surface area contributed by atoms with Crippen molar-refractivity contribution in [2.24, 2.45) is 0 Å². The summed E-state index contributed by atoms with van der Waals surface area (Å²) in [4.78, 5) is 17.7. The average molecular weight is 592 g/mol. The van der Waals surface area contributed by atoms with Gasteiger partial charge in [0.15, 0.2) is 6.61 Å². The molecule has 1 aromatic carbocycles. The molecular weight excluding hydrogens is 538 g/mol. The molecule has 4 rings (SSSR count). The van der Waals surface area contributed by atoms with E-state index in [-0.39, 0.29) is 23.8 Å². The molecule has 4 nitrogen and oxygen atoms in total. The number of unbranched alkanes of at least 4 members (excludes halogenated alkanes) is 12. The molecule has 0 atom stereocenters. The lowest BCUT2D eigenvalue weighted by molar-refractivity contribution is -0.116. The summed E-state index contributed by atoms with van der Waals surface area (Å²) < 4.78 is 5.18. The summed E-state index contributed by atoms with van der Waals surface area (Å²) in [6.07, 6.45) is 21.2. The zero-order chi connectivity index (χ0) is 30.0. The zero-order valence-electron chi connectivity index (χ0n) is 26.6. The van der Waals surface area contributed by atoms with E-state index in [9.17, 15) is 9.90 Å². The number of fused-ring (bicyclic) bond motifs is 1. The monoisotopic (exact) mass is 591 g/mol. The summed E-state index contributed by atoms with van der Waals surface area (Å²) >= 11 is 1.92. The Hall–Kier alpha value is -2.53. The SMILES string of the molecule is CCCCCCCCCCCCN1/C(=C/C2=C(O)OCC2=O)C(C)(C)c2cc(-c3ccc(CCCCCC)s3)ccc21. The Kier molecular flexibility index (Phi) is 12.2. The molecule has 0 aliphatic carbocycles. The number of allylic oxidation sites excluding steroid dienone is 2. The molecule has 5 heteroatoms. The molecule has 2 aromatic rings. The number of nitrogens with zero attached hydrogens (tertiary/aromatic N) is 1. The number of hydrogen-bond donors (Lipinski definition) is 1. The maximum absolute atomic E-state index is 12.6. The van der Waals surface area contributed by atoms with E-state index >= 15 is 0 Å². The first-order valence-electron chi connectivity index (χ1n) is 16.7. The molecule has 0 fully saturated rings. The Bertz CT molecular complexity index is 1240. The second-order valence-electron chi connectivity index (χ2n) is 12.7. The van der Waals surface area contributed by atoms with Gasteiger partial charge in [-0.2, -0.15) is 0 Å². The average Bonchev–Trinajstić information content (AvgIpc) is 3.64. The van der Waals surface area contributed by atoms with Crippen molar-refractivity contribution < 1.29 is 14.6 Å². The van der Waals surface area contributed by atoms with E-state index in [1.807, 2.05) is 17.4 Å². The van der Waals surface area contributed by atoms with Crippen LogP contribution in [0.2, 0.25) is 0 Å². The molecule has 1 aromatic heterocycles. The number of carbonyl (C=O) groups is 1. The molecule has 0 spiro atoms. The fourth-order valence-electron chi connectivity index (χ4n) is 6.37. The van der Waals surface area contributed by atoms with Gasteiger partial charge in [0.05, 0.1) is 0 Å². The van der Waals surface area contributed by atoms with Crippen molar-refractivity contribution in [2.45, 2.75) is 129 Å². The van der Waals surface area contributed by atoms with Crippen molar-refractivity contribution in [3.63, 3.8) is 0 Å². The van der Waals surface area contributed by atoms with Crippen molar-refractivity contribution >= 4 is 22.8 Å². The minimum Gasteiger partial charge on any atom is -0.480 e. The van der Waals surface area contributed by atoms with Crippen molar-refractivity contribution in [3.8, 4) is 10.4 Å². The van der Waals surface area contributed by atoms with E-state index in [1.54, 1.807) is 0 Å². The molecule has 2 aliphatic heterocycles. The normalized spacial score (nSPS) is 17.0. The summed E-state index contributed by atoms with van der Waals surface area (Å²) in [5.41, 5.74) is 4.81. The van der Waals surface area contributed by atoms with Crippen LogP contribution in [0.4, 0.5) is 5.69 Å². The van der Waals surface area contributed by atoms with Gasteiger partial charge >= 0.3 is 0 Å². The number of aliphatic hydroxyl groups excluding tert-OH is 1.